The van der Waals surface area contributed by atoms with Crippen LogP contribution in [0.4, 0.5) is 5.69 Å². The van der Waals surface area contributed by atoms with E-state index >= 15 is 0 Å². The SMILES string of the molecule is O=C(CSc1nnc(-c2ccnc(Cl)c2)[nH]1)Nc1ccccc1. The minimum absolute atomic E-state index is 0.105. The first-order valence-corrected chi connectivity index (χ1v) is 8.09. The number of pyridine rings is 1. The molecule has 0 radical (unpaired) electrons. The fourth-order valence-corrected chi connectivity index (χ4v) is 2.63. The minimum atomic E-state index is -0.105. The first-order chi connectivity index (χ1) is 11.2. The Labute approximate surface area is 141 Å². The number of anilines is 1. The molecule has 2 heterocycles. The minimum Gasteiger partial charge on any atom is -0.325 e. The van der Waals surface area contributed by atoms with Crippen LogP contribution in [-0.2, 0) is 4.79 Å². The molecule has 1 amide bonds. The summed E-state index contributed by atoms with van der Waals surface area (Å²) in [6.45, 7) is 0. The average molecular weight is 346 g/mol. The largest absolute Gasteiger partial charge is 0.325 e. The number of hydrogen-bond acceptors (Lipinski definition) is 5. The highest BCUT2D eigenvalue weighted by Gasteiger charge is 2.09. The van der Waals surface area contributed by atoms with Crippen LogP contribution in [0.2, 0.25) is 5.15 Å². The maximum atomic E-state index is 11.9. The van der Waals surface area contributed by atoms with E-state index in [0.717, 1.165) is 11.3 Å². The number of H-pyrrole nitrogens is 1. The zero-order valence-corrected chi connectivity index (χ0v) is 13.4. The van der Waals surface area contributed by atoms with Gasteiger partial charge in [0.1, 0.15) is 5.15 Å². The number of aromatic nitrogens is 4. The highest BCUT2D eigenvalue weighted by molar-refractivity contribution is 7.99. The second kappa shape index (κ2) is 7.26. The maximum absolute atomic E-state index is 11.9. The van der Waals surface area contributed by atoms with E-state index < -0.39 is 0 Å². The van der Waals surface area contributed by atoms with Crippen molar-refractivity contribution in [3.05, 3.63) is 53.8 Å². The van der Waals surface area contributed by atoms with Crippen LogP contribution < -0.4 is 5.32 Å². The first kappa shape index (κ1) is 15.5. The van der Waals surface area contributed by atoms with Gasteiger partial charge in [0, 0.05) is 17.4 Å². The van der Waals surface area contributed by atoms with Crippen LogP contribution in [0.15, 0.2) is 53.8 Å². The zero-order chi connectivity index (χ0) is 16.1. The lowest BCUT2D eigenvalue weighted by Gasteiger charge is -2.03. The van der Waals surface area contributed by atoms with E-state index in [4.69, 9.17) is 11.6 Å². The summed E-state index contributed by atoms with van der Waals surface area (Å²) in [7, 11) is 0. The molecule has 0 aliphatic carbocycles. The van der Waals surface area contributed by atoms with Crippen molar-refractivity contribution < 1.29 is 4.79 Å². The molecule has 3 rings (SSSR count). The molecule has 0 bridgehead atoms. The van der Waals surface area contributed by atoms with Crippen molar-refractivity contribution in [2.24, 2.45) is 0 Å². The number of nitrogens with one attached hydrogen (secondary N) is 2. The Kier molecular flexibility index (Phi) is 4.89. The molecule has 0 fully saturated rings. The predicted octanol–water partition coefficient (Wildman–Crippen LogP) is 3.25. The lowest BCUT2D eigenvalue weighted by atomic mass is 10.2. The van der Waals surface area contributed by atoms with E-state index in [2.05, 4.69) is 25.5 Å². The van der Waals surface area contributed by atoms with Crippen LogP contribution in [0.3, 0.4) is 0 Å². The lowest BCUT2D eigenvalue weighted by molar-refractivity contribution is -0.113. The number of amides is 1. The molecule has 0 unspecified atom stereocenters. The smallest absolute Gasteiger partial charge is 0.234 e. The topological polar surface area (TPSA) is 83.6 Å². The summed E-state index contributed by atoms with van der Waals surface area (Å²) >= 11 is 7.13. The third-order valence-electron chi connectivity index (χ3n) is 2.86. The summed E-state index contributed by atoms with van der Waals surface area (Å²) in [5, 5.41) is 11.8. The van der Waals surface area contributed by atoms with Crippen molar-refractivity contribution in [3.63, 3.8) is 0 Å². The van der Waals surface area contributed by atoms with Gasteiger partial charge in [-0.05, 0) is 24.3 Å². The summed E-state index contributed by atoms with van der Waals surface area (Å²) < 4.78 is 0. The van der Waals surface area contributed by atoms with Gasteiger partial charge in [-0.3, -0.25) is 4.79 Å². The Morgan fingerprint density at radius 1 is 1.22 bits per heavy atom. The van der Waals surface area contributed by atoms with Gasteiger partial charge in [0.15, 0.2) is 11.0 Å². The van der Waals surface area contributed by atoms with Crippen LogP contribution in [0.1, 0.15) is 0 Å². The van der Waals surface area contributed by atoms with Gasteiger partial charge in [-0.1, -0.05) is 41.6 Å². The Balaban J connectivity index is 1.58. The van der Waals surface area contributed by atoms with Crippen LogP contribution in [0, 0.1) is 0 Å². The fraction of sp³-hybridized carbons (Fsp3) is 0.0667. The van der Waals surface area contributed by atoms with Crippen molar-refractivity contribution in [2.75, 3.05) is 11.1 Å². The first-order valence-electron chi connectivity index (χ1n) is 6.73. The molecule has 23 heavy (non-hydrogen) atoms. The molecule has 2 N–H and O–H groups in total. The Morgan fingerprint density at radius 2 is 2.04 bits per heavy atom. The van der Waals surface area contributed by atoms with E-state index in [9.17, 15) is 4.79 Å². The molecule has 0 atom stereocenters. The van der Waals surface area contributed by atoms with Crippen LogP contribution in [0.25, 0.3) is 11.4 Å². The van der Waals surface area contributed by atoms with E-state index in [-0.39, 0.29) is 11.7 Å². The van der Waals surface area contributed by atoms with Gasteiger partial charge in [0.05, 0.1) is 5.75 Å². The lowest BCUT2D eigenvalue weighted by Crippen LogP contribution is -2.13. The molecule has 116 valence electrons. The van der Waals surface area contributed by atoms with Gasteiger partial charge in [0.2, 0.25) is 5.91 Å². The van der Waals surface area contributed by atoms with Crippen molar-refractivity contribution in [1.82, 2.24) is 20.2 Å². The standard InChI is InChI=1S/C15H12ClN5OS/c16-12-8-10(6-7-17-12)14-19-15(21-20-14)23-9-13(22)18-11-4-2-1-3-5-11/h1-8H,9H2,(H,18,22)(H,19,20,21). The number of aromatic amines is 1. The van der Waals surface area contributed by atoms with Crippen molar-refractivity contribution in [3.8, 4) is 11.4 Å². The quantitative estimate of drug-likeness (QED) is 0.547. The van der Waals surface area contributed by atoms with Crippen molar-refractivity contribution >= 4 is 35.0 Å². The van der Waals surface area contributed by atoms with E-state index in [1.165, 1.54) is 11.8 Å². The summed E-state index contributed by atoms with van der Waals surface area (Å²) in [6.07, 6.45) is 1.60. The number of rotatable bonds is 5. The molecule has 0 spiro atoms. The highest BCUT2D eigenvalue weighted by atomic mass is 35.5. The Bertz CT molecular complexity index is 808. The average Bonchev–Trinajstić information content (AvgIpc) is 3.03. The number of carbonyl (C=O) groups is 1. The number of hydrogen-bond donors (Lipinski definition) is 2. The summed E-state index contributed by atoms with van der Waals surface area (Å²) in [5.41, 5.74) is 1.56. The van der Waals surface area contributed by atoms with E-state index in [1.807, 2.05) is 30.3 Å². The molecule has 0 saturated heterocycles. The van der Waals surface area contributed by atoms with Gasteiger partial charge in [-0.15, -0.1) is 10.2 Å². The third-order valence-corrected chi connectivity index (χ3v) is 3.93. The molecule has 8 heteroatoms. The molecule has 2 aromatic heterocycles. The summed E-state index contributed by atoms with van der Waals surface area (Å²) in [5.74, 6) is 0.715. The number of carbonyl (C=O) groups excluding carboxylic acids is 1. The third kappa shape index (κ3) is 4.30. The number of nitrogens with zero attached hydrogens (tertiary/aromatic N) is 3. The van der Waals surface area contributed by atoms with Gasteiger partial charge < -0.3 is 10.3 Å². The number of para-hydroxylation sites is 1. The number of benzene rings is 1. The molecular weight excluding hydrogens is 334 g/mol. The molecule has 1 aromatic carbocycles. The second-order valence-electron chi connectivity index (χ2n) is 4.55. The maximum Gasteiger partial charge on any atom is 0.234 e. The van der Waals surface area contributed by atoms with Gasteiger partial charge in [-0.2, -0.15) is 0 Å². The molecule has 0 aliphatic rings. The summed E-state index contributed by atoms with van der Waals surface area (Å²) in [4.78, 5) is 18.9. The van der Waals surface area contributed by atoms with Crippen LogP contribution in [-0.4, -0.2) is 31.8 Å². The second-order valence-corrected chi connectivity index (χ2v) is 5.90. The normalized spacial score (nSPS) is 10.5. The van der Waals surface area contributed by atoms with Gasteiger partial charge >= 0.3 is 0 Å². The van der Waals surface area contributed by atoms with E-state index in [1.54, 1.807) is 18.3 Å². The highest BCUT2D eigenvalue weighted by Crippen LogP contribution is 2.20. The van der Waals surface area contributed by atoms with E-state index in [0.29, 0.717) is 16.1 Å². The van der Waals surface area contributed by atoms with Crippen molar-refractivity contribution in [2.45, 2.75) is 5.16 Å². The monoisotopic (exact) mass is 345 g/mol. The van der Waals surface area contributed by atoms with Gasteiger partial charge in [0.25, 0.3) is 0 Å². The molecule has 0 saturated carbocycles. The summed E-state index contributed by atoms with van der Waals surface area (Å²) in [6, 6.07) is 12.8. The number of halogens is 1. The Morgan fingerprint density at radius 3 is 2.83 bits per heavy atom. The van der Waals surface area contributed by atoms with Crippen molar-refractivity contribution in [1.29, 1.82) is 0 Å². The number of thioether (sulfide) groups is 1. The Hall–Kier alpha value is -2.38. The molecular formula is C15H12ClN5OS. The fourth-order valence-electron chi connectivity index (χ4n) is 1.84. The molecule has 3 aromatic rings. The molecule has 6 nitrogen and oxygen atoms in total. The van der Waals surface area contributed by atoms with Crippen LogP contribution >= 0.6 is 23.4 Å². The predicted molar refractivity (Wildman–Crippen MR) is 90.4 cm³/mol. The molecule has 0 aliphatic heterocycles. The van der Waals surface area contributed by atoms with Gasteiger partial charge in [-0.25, -0.2) is 4.98 Å². The van der Waals surface area contributed by atoms with Crippen LogP contribution in [0.5, 0.6) is 0 Å². The zero-order valence-electron chi connectivity index (χ0n) is 11.9.